The lowest BCUT2D eigenvalue weighted by Gasteiger charge is -2.31. The lowest BCUT2D eigenvalue weighted by Crippen LogP contribution is -2.42. The van der Waals surface area contributed by atoms with Crippen molar-refractivity contribution in [2.45, 2.75) is 32.4 Å². The van der Waals surface area contributed by atoms with Crippen molar-refractivity contribution in [3.63, 3.8) is 0 Å². The van der Waals surface area contributed by atoms with Crippen LogP contribution in [-0.4, -0.2) is 38.3 Å². The average molecular weight is 301 g/mol. The molecule has 1 fully saturated rings. The summed E-state index contributed by atoms with van der Waals surface area (Å²) in [5.74, 6) is 1.59. The van der Waals surface area contributed by atoms with Gasteiger partial charge in [0.15, 0.2) is 11.5 Å². The molecule has 1 atom stereocenters. The van der Waals surface area contributed by atoms with Crippen LogP contribution in [0.25, 0.3) is 0 Å². The van der Waals surface area contributed by atoms with Crippen LogP contribution < -0.4 is 15.2 Å². The molecule has 1 saturated heterocycles. The zero-order valence-electron chi connectivity index (χ0n) is 12.5. The van der Waals surface area contributed by atoms with Crippen molar-refractivity contribution >= 4 is 12.4 Å². The van der Waals surface area contributed by atoms with E-state index in [-0.39, 0.29) is 12.4 Å². The summed E-state index contributed by atoms with van der Waals surface area (Å²) in [5.41, 5.74) is 8.55. The van der Waals surface area contributed by atoms with Gasteiger partial charge in [0, 0.05) is 19.1 Å². The fourth-order valence-corrected chi connectivity index (χ4v) is 2.67. The number of hydrogen-bond donors (Lipinski definition) is 1. The molecule has 1 aliphatic heterocycles. The zero-order valence-corrected chi connectivity index (χ0v) is 13.3. The molecule has 20 heavy (non-hydrogen) atoms. The van der Waals surface area contributed by atoms with Gasteiger partial charge in [-0.05, 0) is 49.6 Å². The molecule has 1 heterocycles. The SMILES string of the molecule is COc1cc(C)c(CN2CCCC(N)C2)cc1OC.Cl. The number of hydrogen-bond acceptors (Lipinski definition) is 4. The Morgan fingerprint density at radius 2 is 1.90 bits per heavy atom. The lowest BCUT2D eigenvalue weighted by atomic mass is 10.0. The normalized spacial score (nSPS) is 19.3. The Bertz CT molecular complexity index is 440. The number of aryl methyl sites for hydroxylation is 1. The fraction of sp³-hybridized carbons (Fsp3) is 0.600. The minimum Gasteiger partial charge on any atom is -0.493 e. The molecule has 4 nitrogen and oxygen atoms in total. The highest BCUT2D eigenvalue weighted by Gasteiger charge is 2.18. The lowest BCUT2D eigenvalue weighted by molar-refractivity contribution is 0.201. The first-order chi connectivity index (χ1) is 9.13. The van der Waals surface area contributed by atoms with Crippen molar-refractivity contribution in [2.24, 2.45) is 5.73 Å². The van der Waals surface area contributed by atoms with Gasteiger partial charge in [-0.15, -0.1) is 12.4 Å². The van der Waals surface area contributed by atoms with E-state index in [2.05, 4.69) is 17.9 Å². The molecule has 0 bridgehead atoms. The molecule has 0 amide bonds. The van der Waals surface area contributed by atoms with Crippen LogP contribution in [0.3, 0.4) is 0 Å². The van der Waals surface area contributed by atoms with E-state index in [0.717, 1.165) is 37.6 Å². The summed E-state index contributed by atoms with van der Waals surface area (Å²) < 4.78 is 10.7. The van der Waals surface area contributed by atoms with E-state index < -0.39 is 0 Å². The standard InChI is InChI=1S/C15H24N2O2.ClH/c1-11-7-14(18-2)15(19-3)8-12(11)9-17-6-4-5-13(16)10-17;/h7-8,13H,4-6,9-10,16H2,1-3H3;1H. The Morgan fingerprint density at radius 3 is 2.50 bits per heavy atom. The van der Waals surface area contributed by atoms with Crippen LogP contribution in [0.1, 0.15) is 24.0 Å². The summed E-state index contributed by atoms with van der Waals surface area (Å²) in [6.45, 7) is 5.15. The van der Waals surface area contributed by atoms with Gasteiger partial charge in [0.1, 0.15) is 0 Å². The van der Waals surface area contributed by atoms with E-state index in [1.165, 1.54) is 17.5 Å². The van der Waals surface area contributed by atoms with Crippen molar-refractivity contribution in [1.29, 1.82) is 0 Å². The Balaban J connectivity index is 0.00000200. The van der Waals surface area contributed by atoms with Crippen LogP contribution in [0.4, 0.5) is 0 Å². The molecule has 0 saturated carbocycles. The number of halogens is 1. The highest BCUT2D eigenvalue weighted by molar-refractivity contribution is 5.85. The van der Waals surface area contributed by atoms with Crippen LogP contribution in [-0.2, 0) is 6.54 Å². The number of benzene rings is 1. The Kier molecular flexibility index (Phi) is 6.59. The number of nitrogens with two attached hydrogens (primary N) is 1. The fourth-order valence-electron chi connectivity index (χ4n) is 2.67. The molecule has 5 heteroatoms. The number of piperidine rings is 1. The predicted molar refractivity (Wildman–Crippen MR) is 84.0 cm³/mol. The summed E-state index contributed by atoms with van der Waals surface area (Å²) in [6.07, 6.45) is 2.33. The Labute approximate surface area is 127 Å². The molecule has 1 aliphatic rings. The monoisotopic (exact) mass is 300 g/mol. The van der Waals surface area contributed by atoms with E-state index in [0.29, 0.717) is 6.04 Å². The van der Waals surface area contributed by atoms with Gasteiger partial charge in [0.25, 0.3) is 0 Å². The predicted octanol–water partition coefficient (Wildman–Crippen LogP) is 2.36. The van der Waals surface area contributed by atoms with Crippen LogP contribution in [0.5, 0.6) is 11.5 Å². The maximum atomic E-state index is 6.03. The molecule has 1 unspecified atom stereocenters. The van der Waals surface area contributed by atoms with E-state index in [9.17, 15) is 0 Å². The minimum atomic E-state index is 0. The molecule has 0 aliphatic carbocycles. The summed E-state index contributed by atoms with van der Waals surface area (Å²) in [6, 6.07) is 4.43. The van der Waals surface area contributed by atoms with E-state index in [4.69, 9.17) is 15.2 Å². The van der Waals surface area contributed by atoms with Crippen LogP contribution in [0.2, 0.25) is 0 Å². The van der Waals surface area contributed by atoms with Gasteiger partial charge in [-0.3, -0.25) is 4.90 Å². The number of nitrogens with zero attached hydrogens (tertiary/aromatic N) is 1. The zero-order chi connectivity index (χ0) is 13.8. The van der Waals surface area contributed by atoms with Gasteiger partial charge in [-0.2, -0.15) is 0 Å². The van der Waals surface area contributed by atoms with Gasteiger partial charge >= 0.3 is 0 Å². The summed E-state index contributed by atoms with van der Waals surface area (Å²) in [5, 5.41) is 0. The van der Waals surface area contributed by atoms with Gasteiger partial charge < -0.3 is 15.2 Å². The molecule has 1 aromatic rings. The highest BCUT2D eigenvalue weighted by Crippen LogP contribution is 2.31. The first-order valence-corrected chi connectivity index (χ1v) is 6.83. The maximum Gasteiger partial charge on any atom is 0.161 e. The summed E-state index contributed by atoms with van der Waals surface area (Å²) >= 11 is 0. The number of methoxy groups -OCH3 is 2. The largest absolute Gasteiger partial charge is 0.493 e. The average Bonchev–Trinajstić information content (AvgIpc) is 2.40. The third-order valence-corrected chi connectivity index (χ3v) is 3.78. The van der Waals surface area contributed by atoms with Crippen molar-refractivity contribution in [2.75, 3.05) is 27.3 Å². The molecule has 1 aromatic carbocycles. The molecular weight excluding hydrogens is 276 g/mol. The molecule has 0 aromatic heterocycles. The number of ether oxygens (including phenoxy) is 2. The van der Waals surface area contributed by atoms with Crippen molar-refractivity contribution in [3.05, 3.63) is 23.3 Å². The van der Waals surface area contributed by atoms with E-state index in [1.807, 2.05) is 6.07 Å². The summed E-state index contributed by atoms with van der Waals surface area (Å²) in [7, 11) is 3.34. The smallest absolute Gasteiger partial charge is 0.161 e. The van der Waals surface area contributed by atoms with Crippen molar-refractivity contribution < 1.29 is 9.47 Å². The molecule has 2 N–H and O–H groups in total. The molecule has 0 spiro atoms. The second-order valence-electron chi connectivity index (χ2n) is 5.27. The van der Waals surface area contributed by atoms with E-state index in [1.54, 1.807) is 14.2 Å². The Hall–Kier alpha value is -0.970. The van der Waals surface area contributed by atoms with Crippen molar-refractivity contribution in [3.8, 4) is 11.5 Å². The Morgan fingerprint density at radius 1 is 1.25 bits per heavy atom. The van der Waals surface area contributed by atoms with E-state index >= 15 is 0 Å². The van der Waals surface area contributed by atoms with Gasteiger partial charge in [-0.25, -0.2) is 0 Å². The van der Waals surface area contributed by atoms with Gasteiger partial charge in [-0.1, -0.05) is 0 Å². The molecule has 114 valence electrons. The third kappa shape index (κ3) is 4.01. The van der Waals surface area contributed by atoms with Crippen LogP contribution in [0.15, 0.2) is 12.1 Å². The third-order valence-electron chi connectivity index (χ3n) is 3.78. The molecule has 0 radical (unpaired) electrons. The maximum absolute atomic E-state index is 6.03. The van der Waals surface area contributed by atoms with Crippen molar-refractivity contribution in [1.82, 2.24) is 4.90 Å². The topological polar surface area (TPSA) is 47.7 Å². The molecular formula is C15H25ClN2O2. The molecule has 2 rings (SSSR count). The van der Waals surface area contributed by atoms with Gasteiger partial charge in [0.2, 0.25) is 0 Å². The second kappa shape index (κ2) is 7.72. The first kappa shape index (κ1) is 17.1. The van der Waals surface area contributed by atoms with Gasteiger partial charge in [0.05, 0.1) is 14.2 Å². The highest BCUT2D eigenvalue weighted by atomic mass is 35.5. The van der Waals surface area contributed by atoms with Crippen LogP contribution >= 0.6 is 12.4 Å². The number of rotatable bonds is 4. The minimum absolute atomic E-state index is 0. The summed E-state index contributed by atoms with van der Waals surface area (Å²) in [4.78, 5) is 2.42. The van der Waals surface area contributed by atoms with Crippen LogP contribution in [0, 0.1) is 6.92 Å². The quantitative estimate of drug-likeness (QED) is 0.927. The number of likely N-dealkylation sites (tertiary alicyclic amines) is 1. The first-order valence-electron chi connectivity index (χ1n) is 6.83. The second-order valence-corrected chi connectivity index (χ2v) is 5.27.